The van der Waals surface area contributed by atoms with E-state index in [1.54, 1.807) is 0 Å². The van der Waals surface area contributed by atoms with Crippen LogP contribution in [0, 0.1) is 0 Å². The summed E-state index contributed by atoms with van der Waals surface area (Å²) >= 11 is 2.41. The predicted octanol–water partition coefficient (Wildman–Crippen LogP) is 2.71. The number of nitrogens with zero attached hydrogens (tertiary/aromatic N) is 2. The fourth-order valence-corrected chi connectivity index (χ4v) is 2.41. The molecule has 1 amide bonds. The average molecular weight is 354 g/mol. The van der Waals surface area contributed by atoms with Gasteiger partial charge in [-0.1, -0.05) is 22.6 Å². The topological polar surface area (TPSA) is 32.8 Å². The summed E-state index contributed by atoms with van der Waals surface area (Å²) in [5, 5.41) is 0. The monoisotopic (exact) mass is 354 g/mol. The first-order valence-electron chi connectivity index (χ1n) is 6.08. The maximum absolute atomic E-state index is 12.0. The molecule has 0 bridgehead atoms. The molecule has 1 unspecified atom stereocenters. The van der Waals surface area contributed by atoms with Crippen molar-refractivity contribution in [3.63, 3.8) is 0 Å². The Morgan fingerprint density at radius 1 is 1.41 bits per heavy atom. The van der Waals surface area contributed by atoms with Gasteiger partial charge in [-0.05, 0) is 34.6 Å². The van der Waals surface area contributed by atoms with E-state index in [2.05, 4.69) is 41.3 Å². The molecule has 17 heavy (non-hydrogen) atoms. The summed E-state index contributed by atoms with van der Waals surface area (Å²) in [5.74, 6) is 0. The number of halogens is 1. The van der Waals surface area contributed by atoms with E-state index >= 15 is 0 Å². The van der Waals surface area contributed by atoms with Gasteiger partial charge in [-0.2, -0.15) is 0 Å². The van der Waals surface area contributed by atoms with Gasteiger partial charge in [0.15, 0.2) is 0 Å². The van der Waals surface area contributed by atoms with Gasteiger partial charge in [0.25, 0.3) is 0 Å². The number of hydrogen-bond acceptors (Lipinski definition) is 3. The van der Waals surface area contributed by atoms with E-state index in [1.807, 2.05) is 25.7 Å². The molecule has 5 heteroatoms. The molecule has 1 heterocycles. The Labute approximate surface area is 118 Å². The molecule has 2 atom stereocenters. The number of carbonyl (C=O) groups excluding carboxylic acids is 1. The van der Waals surface area contributed by atoms with E-state index < -0.39 is 5.60 Å². The van der Waals surface area contributed by atoms with Crippen molar-refractivity contribution in [3.05, 3.63) is 0 Å². The third-order valence-corrected chi connectivity index (χ3v) is 3.58. The Kier molecular flexibility index (Phi) is 5.07. The first-order chi connectivity index (χ1) is 7.70. The minimum Gasteiger partial charge on any atom is -0.444 e. The molecule has 1 rings (SSSR count). The molecule has 1 aliphatic rings. The predicted molar refractivity (Wildman–Crippen MR) is 77.5 cm³/mol. The Balaban J connectivity index is 2.55. The Hall–Kier alpha value is -0.0400. The third kappa shape index (κ3) is 4.62. The Morgan fingerprint density at radius 2 is 2.00 bits per heavy atom. The van der Waals surface area contributed by atoms with Crippen LogP contribution in [-0.4, -0.2) is 51.2 Å². The van der Waals surface area contributed by atoms with Crippen molar-refractivity contribution in [2.45, 2.75) is 50.3 Å². The molecule has 0 aromatic carbocycles. The zero-order valence-corrected chi connectivity index (χ0v) is 13.5. The highest BCUT2D eigenvalue weighted by Crippen LogP contribution is 2.18. The molecule has 0 aromatic heterocycles. The van der Waals surface area contributed by atoms with Crippen LogP contribution in [-0.2, 0) is 4.74 Å². The molecule has 1 aliphatic heterocycles. The average Bonchev–Trinajstić information content (AvgIpc) is 2.14. The number of alkyl halides is 1. The summed E-state index contributed by atoms with van der Waals surface area (Å²) in [6, 6.07) is 0.218. The normalized spacial score (nSPS) is 24.6. The largest absolute Gasteiger partial charge is 0.444 e. The van der Waals surface area contributed by atoms with Crippen molar-refractivity contribution in [1.82, 2.24) is 9.80 Å². The zero-order valence-electron chi connectivity index (χ0n) is 11.4. The van der Waals surface area contributed by atoms with Gasteiger partial charge in [-0.15, -0.1) is 0 Å². The molecule has 0 aromatic rings. The summed E-state index contributed by atoms with van der Waals surface area (Å²) in [7, 11) is 0. The highest BCUT2D eigenvalue weighted by atomic mass is 127. The lowest BCUT2D eigenvalue weighted by Gasteiger charge is -2.41. The van der Waals surface area contributed by atoms with Gasteiger partial charge in [0.2, 0.25) is 0 Å². The van der Waals surface area contributed by atoms with E-state index in [0.717, 1.165) is 19.6 Å². The van der Waals surface area contributed by atoms with Crippen LogP contribution in [0.1, 0.15) is 34.6 Å². The van der Waals surface area contributed by atoms with Crippen LogP contribution >= 0.6 is 22.6 Å². The lowest BCUT2D eigenvalue weighted by atomic mass is 10.2. The van der Waals surface area contributed by atoms with E-state index in [4.69, 9.17) is 4.74 Å². The van der Waals surface area contributed by atoms with Crippen molar-refractivity contribution in [1.29, 1.82) is 0 Å². The Morgan fingerprint density at radius 3 is 2.41 bits per heavy atom. The van der Waals surface area contributed by atoms with Crippen LogP contribution in [0.15, 0.2) is 0 Å². The first-order valence-corrected chi connectivity index (χ1v) is 7.33. The van der Waals surface area contributed by atoms with E-state index in [0.29, 0.717) is 4.05 Å². The Bertz CT molecular complexity index is 276. The second-order valence-electron chi connectivity index (χ2n) is 5.59. The molecule has 1 fully saturated rings. The number of hydrogen-bond donors (Lipinski definition) is 0. The van der Waals surface area contributed by atoms with Crippen LogP contribution in [0.4, 0.5) is 4.79 Å². The molecule has 0 spiro atoms. The molecule has 100 valence electrons. The number of ether oxygens (including phenoxy) is 1. The van der Waals surface area contributed by atoms with Gasteiger partial charge in [0.1, 0.15) is 5.60 Å². The molecule has 0 saturated carbocycles. The standard InChI is InChI=1S/C12H23IN2O2/c1-9-8-14(10(2)13)6-7-15(9)11(16)17-12(3,4)5/h9-10H,6-8H2,1-5H3/t9-,10?/m1/s1. The van der Waals surface area contributed by atoms with Crippen LogP contribution < -0.4 is 0 Å². The van der Waals surface area contributed by atoms with Crippen molar-refractivity contribution < 1.29 is 9.53 Å². The second-order valence-corrected chi connectivity index (χ2v) is 7.39. The van der Waals surface area contributed by atoms with E-state index in [1.165, 1.54) is 0 Å². The fraction of sp³-hybridized carbons (Fsp3) is 0.917. The molecule has 4 nitrogen and oxygen atoms in total. The van der Waals surface area contributed by atoms with Crippen LogP contribution in [0.25, 0.3) is 0 Å². The van der Waals surface area contributed by atoms with E-state index in [-0.39, 0.29) is 12.1 Å². The molecule has 0 N–H and O–H groups in total. The first kappa shape index (κ1) is 15.0. The molecule has 1 saturated heterocycles. The number of amides is 1. The summed E-state index contributed by atoms with van der Waals surface area (Å²) in [6.07, 6.45) is -0.189. The zero-order chi connectivity index (χ0) is 13.2. The smallest absolute Gasteiger partial charge is 0.410 e. The van der Waals surface area contributed by atoms with E-state index in [9.17, 15) is 4.79 Å². The highest BCUT2D eigenvalue weighted by molar-refractivity contribution is 14.1. The summed E-state index contributed by atoms with van der Waals surface area (Å²) in [6.45, 7) is 12.6. The molecule has 0 radical (unpaired) electrons. The van der Waals surface area contributed by atoms with Crippen molar-refractivity contribution in [2.24, 2.45) is 0 Å². The summed E-state index contributed by atoms with van der Waals surface area (Å²) < 4.78 is 5.92. The van der Waals surface area contributed by atoms with Crippen molar-refractivity contribution >= 4 is 28.7 Å². The van der Waals surface area contributed by atoms with Crippen molar-refractivity contribution in [2.75, 3.05) is 19.6 Å². The number of piperazine rings is 1. The maximum atomic E-state index is 12.0. The van der Waals surface area contributed by atoms with Crippen molar-refractivity contribution in [3.8, 4) is 0 Å². The van der Waals surface area contributed by atoms with Gasteiger partial charge in [-0.3, -0.25) is 4.90 Å². The van der Waals surface area contributed by atoms with Gasteiger partial charge in [0, 0.05) is 25.7 Å². The summed E-state index contributed by atoms with van der Waals surface area (Å²) in [4.78, 5) is 16.2. The number of carbonyl (C=O) groups is 1. The molecule has 0 aliphatic carbocycles. The highest BCUT2D eigenvalue weighted by Gasteiger charge is 2.31. The SMILES string of the molecule is CC(I)N1CCN(C(=O)OC(C)(C)C)[C@H](C)C1. The minimum atomic E-state index is -0.412. The third-order valence-electron chi connectivity index (χ3n) is 2.79. The van der Waals surface area contributed by atoms with Gasteiger partial charge < -0.3 is 9.64 Å². The second kappa shape index (κ2) is 5.73. The van der Waals surface area contributed by atoms with Gasteiger partial charge in [-0.25, -0.2) is 4.79 Å². The lowest BCUT2D eigenvalue weighted by Crippen LogP contribution is -2.55. The molecular formula is C12H23IN2O2. The maximum Gasteiger partial charge on any atom is 0.410 e. The van der Waals surface area contributed by atoms with Crippen LogP contribution in [0.3, 0.4) is 0 Å². The molecular weight excluding hydrogens is 331 g/mol. The van der Waals surface area contributed by atoms with Gasteiger partial charge >= 0.3 is 6.09 Å². The lowest BCUT2D eigenvalue weighted by molar-refractivity contribution is 0.00137. The van der Waals surface area contributed by atoms with Gasteiger partial charge in [0.05, 0.1) is 4.05 Å². The number of rotatable bonds is 1. The minimum absolute atomic E-state index is 0.189. The fourth-order valence-electron chi connectivity index (χ4n) is 1.90. The van der Waals surface area contributed by atoms with Crippen LogP contribution in [0.5, 0.6) is 0 Å². The quantitative estimate of drug-likeness (QED) is 0.412. The summed E-state index contributed by atoms with van der Waals surface area (Å²) in [5.41, 5.74) is -0.412. The van der Waals surface area contributed by atoms with Crippen LogP contribution in [0.2, 0.25) is 0 Å².